The first-order valence-electron chi connectivity index (χ1n) is 7.46. The maximum Gasteiger partial charge on any atom is 0.264 e. The van der Waals surface area contributed by atoms with E-state index in [0.29, 0.717) is 12.5 Å². The lowest BCUT2D eigenvalue weighted by Crippen LogP contribution is -2.14. The molecule has 3 rings (SSSR count). The molecule has 2 aromatic carbocycles. The second-order valence-corrected chi connectivity index (χ2v) is 7.23. The SMILES string of the molecule is O=S(=O)(Nc1cccc(OCc2ccccc2)n1)c1ccccc1Cl. The fourth-order valence-electron chi connectivity index (χ4n) is 2.14. The summed E-state index contributed by atoms with van der Waals surface area (Å²) in [5.74, 6) is 0.480. The molecule has 1 aromatic heterocycles. The zero-order valence-corrected chi connectivity index (χ0v) is 14.7. The number of benzene rings is 2. The van der Waals surface area contributed by atoms with Gasteiger partial charge < -0.3 is 4.74 Å². The van der Waals surface area contributed by atoms with Crippen molar-refractivity contribution in [3.05, 3.63) is 83.4 Å². The average Bonchev–Trinajstić information content (AvgIpc) is 2.61. The molecule has 7 heteroatoms. The third-order valence-corrected chi connectivity index (χ3v) is 5.17. The van der Waals surface area contributed by atoms with E-state index in [1.807, 2.05) is 30.3 Å². The third kappa shape index (κ3) is 4.49. The fourth-order valence-corrected chi connectivity index (χ4v) is 3.66. The van der Waals surface area contributed by atoms with E-state index in [1.165, 1.54) is 12.1 Å². The molecule has 0 aliphatic heterocycles. The smallest absolute Gasteiger partial charge is 0.264 e. The molecule has 128 valence electrons. The van der Waals surface area contributed by atoms with Crippen LogP contribution in [0.1, 0.15) is 5.56 Å². The summed E-state index contributed by atoms with van der Waals surface area (Å²) in [5, 5.41) is 0.145. The van der Waals surface area contributed by atoms with Gasteiger partial charge in [-0.3, -0.25) is 4.72 Å². The Morgan fingerprint density at radius 3 is 2.40 bits per heavy atom. The molecule has 0 saturated heterocycles. The largest absolute Gasteiger partial charge is 0.473 e. The lowest BCUT2D eigenvalue weighted by Gasteiger charge is -2.10. The average molecular weight is 375 g/mol. The van der Waals surface area contributed by atoms with Crippen molar-refractivity contribution >= 4 is 27.4 Å². The monoisotopic (exact) mass is 374 g/mol. The van der Waals surface area contributed by atoms with Crippen LogP contribution >= 0.6 is 11.6 Å². The molecule has 0 saturated carbocycles. The number of rotatable bonds is 6. The van der Waals surface area contributed by atoms with E-state index in [4.69, 9.17) is 16.3 Å². The van der Waals surface area contributed by atoms with E-state index >= 15 is 0 Å². The summed E-state index contributed by atoms with van der Waals surface area (Å²) in [6.45, 7) is 0.342. The van der Waals surface area contributed by atoms with Crippen molar-refractivity contribution in [2.24, 2.45) is 0 Å². The van der Waals surface area contributed by atoms with Crippen LogP contribution in [0, 0.1) is 0 Å². The topological polar surface area (TPSA) is 68.3 Å². The Bertz CT molecular complexity index is 963. The number of hydrogen-bond acceptors (Lipinski definition) is 4. The van der Waals surface area contributed by atoms with Gasteiger partial charge in [-0.1, -0.05) is 60.1 Å². The van der Waals surface area contributed by atoms with E-state index in [-0.39, 0.29) is 15.7 Å². The third-order valence-electron chi connectivity index (χ3n) is 3.32. The summed E-state index contributed by atoms with van der Waals surface area (Å²) in [4.78, 5) is 4.17. The van der Waals surface area contributed by atoms with Crippen molar-refractivity contribution in [3.63, 3.8) is 0 Å². The van der Waals surface area contributed by atoms with Gasteiger partial charge in [0.05, 0.1) is 5.02 Å². The van der Waals surface area contributed by atoms with E-state index in [0.717, 1.165) is 5.56 Å². The van der Waals surface area contributed by atoms with Gasteiger partial charge in [0.25, 0.3) is 10.0 Å². The van der Waals surface area contributed by atoms with Crippen LogP contribution in [0.25, 0.3) is 0 Å². The Balaban J connectivity index is 1.74. The molecule has 0 unspecified atom stereocenters. The highest BCUT2D eigenvalue weighted by Gasteiger charge is 2.18. The van der Waals surface area contributed by atoms with Crippen LogP contribution in [-0.2, 0) is 16.6 Å². The number of pyridine rings is 1. The Kier molecular flexibility index (Phi) is 5.21. The van der Waals surface area contributed by atoms with Crippen molar-refractivity contribution < 1.29 is 13.2 Å². The molecule has 0 amide bonds. The number of aromatic nitrogens is 1. The van der Waals surface area contributed by atoms with Crippen molar-refractivity contribution in [3.8, 4) is 5.88 Å². The van der Waals surface area contributed by atoms with Crippen LogP contribution in [0.15, 0.2) is 77.7 Å². The summed E-state index contributed by atoms with van der Waals surface area (Å²) in [5.41, 5.74) is 0.992. The van der Waals surface area contributed by atoms with Gasteiger partial charge >= 0.3 is 0 Å². The molecule has 1 heterocycles. The lowest BCUT2D eigenvalue weighted by atomic mass is 10.2. The van der Waals surface area contributed by atoms with Gasteiger partial charge in [-0.15, -0.1) is 0 Å². The van der Waals surface area contributed by atoms with Gasteiger partial charge in [-0.05, 0) is 23.8 Å². The number of sulfonamides is 1. The highest BCUT2D eigenvalue weighted by molar-refractivity contribution is 7.92. The van der Waals surface area contributed by atoms with Gasteiger partial charge in [0.15, 0.2) is 0 Å². The number of nitrogens with one attached hydrogen (secondary N) is 1. The van der Waals surface area contributed by atoms with Crippen molar-refractivity contribution in [2.45, 2.75) is 11.5 Å². The maximum absolute atomic E-state index is 12.4. The number of halogens is 1. The summed E-state index contributed by atoms with van der Waals surface area (Å²) < 4.78 is 32.9. The molecule has 0 fully saturated rings. The van der Waals surface area contributed by atoms with Crippen molar-refractivity contribution in [1.29, 1.82) is 0 Å². The minimum Gasteiger partial charge on any atom is -0.473 e. The van der Waals surface area contributed by atoms with E-state index in [1.54, 1.807) is 30.3 Å². The van der Waals surface area contributed by atoms with Crippen LogP contribution in [-0.4, -0.2) is 13.4 Å². The molecule has 3 aromatic rings. The van der Waals surface area contributed by atoms with Gasteiger partial charge in [0.1, 0.15) is 17.3 Å². The number of ether oxygens (including phenoxy) is 1. The molecule has 0 radical (unpaired) electrons. The van der Waals surface area contributed by atoms with Crippen molar-refractivity contribution in [2.75, 3.05) is 4.72 Å². The Morgan fingerprint density at radius 1 is 0.920 bits per heavy atom. The molecule has 0 spiro atoms. The lowest BCUT2D eigenvalue weighted by molar-refractivity contribution is 0.294. The maximum atomic E-state index is 12.4. The number of nitrogens with zero attached hydrogens (tertiary/aromatic N) is 1. The summed E-state index contributed by atoms with van der Waals surface area (Å²) in [6.07, 6.45) is 0. The Morgan fingerprint density at radius 2 is 1.64 bits per heavy atom. The second-order valence-electron chi connectivity index (χ2n) is 5.17. The zero-order chi connectivity index (χ0) is 17.7. The molecular formula is C18H15ClN2O3S. The first-order chi connectivity index (χ1) is 12.0. The molecule has 0 bridgehead atoms. The van der Waals surface area contributed by atoms with Gasteiger partial charge in [0, 0.05) is 6.07 Å². The molecule has 25 heavy (non-hydrogen) atoms. The molecular weight excluding hydrogens is 360 g/mol. The standard InChI is InChI=1S/C18H15ClN2O3S/c19-15-9-4-5-10-16(15)25(22,23)21-17-11-6-12-18(20-17)24-13-14-7-2-1-3-8-14/h1-12H,13H2,(H,20,21). The quantitative estimate of drug-likeness (QED) is 0.704. The van der Waals surface area contributed by atoms with Gasteiger partial charge in [-0.2, -0.15) is 4.98 Å². The molecule has 0 atom stereocenters. The van der Waals surface area contributed by atoms with Gasteiger partial charge in [0.2, 0.25) is 5.88 Å². The van der Waals surface area contributed by atoms with E-state index in [2.05, 4.69) is 9.71 Å². The first kappa shape index (κ1) is 17.3. The predicted molar refractivity (Wildman–Crippen MR) is 97.3 cm³/mol. The first-order valence-corrected chi connectivity index (χ1v) is 9.32. The highest BCUT2D eigenvalue weighted by Crippen LogP contribution is 2.23. The minimum absolute atomic E-state index is 0.00549. The molecule has 1 N–H and O–H groups in total. The molecule has 0 aliphatic rings. The van der Waals surface area contributed by atoms with Crippen LogP contribution in [0.4, 0.5) is 5.82 Å². The Labute approximate surface area is 151 Å². The van der Waals surface area contributed by atoms with E-state index < -0.39 is 10.0 Å². The second kappa shape index (κ2) is 7.55. The van der Waals surface area contributed by atoms with Crippen LogP contribution in [0.2, 0.25) is 5.02 Å². The van der Waals surface area contributed by atoms with E-state index in [9.17, 15) is 8.42 Å². The van der Waals surface area contributed by atoms with Gasteiger partial charge in [-0.25, -0.2) is 8.42 Å². The summed E-state index contributed by atoms with van der Waals surface area (Å²) >= 11 is 5.96. The van der Waals surface area contributed by atoms with Crippen molar-refractivity contribution in [1.82, 2.24) is 4.98 Å². The predicted octanol–water partition coefficient (Wildman–Crippen LogP) is 4.11. The Hall–Kier alpha value is -2.57. The zero-order valence-electron chi connectivity index (χ0n) is 13.1. The fraction of sp³-hybridized carbons (Fsp3) is 0.0556. The summed E-state index contributed by atoms with van der Waals surface area (Å²) in [6, 6.07) is 20.7. The van der Waals surface area contributed by atoms with Crippen LogP contribution in [0.5, 0.6) is 5.88 Å². The van der Waals surface area contributed by atoms with Crippen LogP contribution in [0.3, 0.4) is 0 Å². The number of anilines is 1. The summed E-state index contributed by atoms with van der Waals surface area (Å²) in [7, 11) is -3.83. The molecule has 5 nitrogen and oxygen atoms in total. The normalized spacial score (nSPS) is 11.1. The minimum atomic E-state index is -3.83. The molecule has 0 aliphatic carbocycles. The van der Waals surface area contributed by atoms with Crippen LogP contribution < -0.4 is 9.46 Å². The highest BCUT2D eigenvalue weighted by atomic mass is 35.5. The number of hydrogen-bond donors (Lipinski definition) is 1.